The van der Waals surface area contributed by atoms with Gasteiger partial charge in [0.15, 0.2) is 17.5 Å². The Kier molecular flexibility index (Phi) is 7.64. The summed E-state index contributed by atoms with van der Waals surface area (Å²) in [5.41, 5.74) is 8.95. The van der Waals surface area contributed by atoms with E-state index in [2.05, 4.69) is 41.0 Å². The molecule has 5 nitrogen and oxygen atoms in total. The maximum atomic E-state index is 15.4. The number of benzene rings is 7. The summed E-state index contributed by atoms with van der Waals surface area (Å²) < 4.78 is 17.6. The molecule has 7 aromatic carbocycles. The van der Waals surface area contributed by atoms with Crippen molar-refractivity contribution in [3.05, 3.63) is 181 Å². The molecule has 0 fully saturated rings. The molecule has 6 heteroatoms. The summed E-state index contributed by atoms with van der Waals surface area (Å²) in [6, 6.07) is 57.1. The molecule has 0 saturated carbocycles. The van der Waals surface area contributed by atoms with E-state index >= 15 is 4.39 Å². The molecule has 9 aromatic rings. The molecule has 0 N–H and O–H groups in total. The van der Waals surface area contributed by atoms with E-state index in [-0.39, 0.29) is 5.82 Å². The van der Waals surface area contributed by atoms with Crippen molar-refractivity contribution in [3.63, 3.8) is 0 Å². The zero-order chi connectivity index (χ0) is 35.0. The highest BCUT2D eigenvalue weighted by atomic mass is 19.1. The van der Waals surface area contributed by atoms with Crippen molar-refractivity contribution in [2.75, 3.05) is 0 Å². The first kappa shape index (κ1) is 30.8. The van der Waals surface area contributed by atoms with Gasteiger partial charge in [-0.1, -0.05) is 127 Å². The Morgan fingerprint density at radius 2 is 1.04 bits per heavy atom. The van der Waals surface area contributed by atoms with Crippen molar-refractivity contribution in [1.29, 1.82) is 5.26 Å². The largest absolute Gasteiger partial charge is 0.308 e. The van der Waals surface area contributed by atoms with Crippen LogP contribution in [0.25, 0.3) is 83.9 Å². The number of hydrogen-bond donors (Lipinski definition) is 0. The molecule has 0 aliphatic carbocycles. The lowest BCUT2D eigenvalue weighted by Crippen LogP contribution is -2.04. The molecular formula is C46H28FN5. The summed E-state index contributed by atoms with van der Waals surface area (Å²) in [5.74, 6) is 1.29. The number of nitriles is 1. The van der Waals surface area contributed by atoms with E-state index in [1.54, 1.807) is 12.1 Å². The summed E-state index contributed by atoms with van der Waals surface area (Å²) >= 11 is 0. The molecule has 2 aromatic heterocycles. The quantitative estimate of drug-likeness (QED) is 0.177. The average molecular weight is 670 g/mol. The summed E-state index contributed by atoms with van der Waals surface area (Å²) in [7, 11) is 0. The van der Waals surface area contributed by atoms with Crippen molar-refractivity contribution in [2.45, 2.75) is 0 Å². The highest BCUT2D eigenvalue weighted by Gasteiger charge is 2.21. The zero-order valence-corrected chi connectivity index (χ0v) is 27.8. The minimum Gasteiger partial charge on any atom is -0.308 e. The maximum absolute atomic E-state index is 15.4. The van der Waals surface area contributed by atoms with Gasteiger partial charge >= 0.3 is 0 Å². The number of rotatable bonds is 6. The van der Waals surface area contributed by atoms with Gasteiger partial charge in [0.2, 0.25) is 0 Å². The average Bonchev–Trinajstić information content (AvgIpc) is 3.55. The smallest absolute Gasteiger partial charge is 0.166 e. The van der Waals surface area contributed by atoms with Gasteiger partial charge < -0.3 is 4.57 Å². The van der Waals surface area contributed by atoms with E-state index in [1.165, 1.54) is 6.07 Å². The van der Waals surface area contributed by atoms with Crippen molar-refractivity contribution in [3.8, 4) is 68.2 Å². The molecule has 2 heterocycles. The fraction of sp³-hybridized carbons (Fsp3) is 0. The topological polar surface area (TPSA) is 67.4 Å². The molecule has 0 unspecified atom stereocenters. The van der Waals surface area contributed by atoms with Gasteiger partial charge in [-0.3, -0.25) is 0 Å². The molecule has 0 amide bonds. The lowest BCUT2D eigenvalue weighted by atomic mass is 10.0. The van der Waals surface area contributed by atoms with Gasteiger partial charge in [-0.15, -0.1) is 0 Å². The molecule has 244 valence electrons. The number of aromatic nitrogens is 4. The molecule has 0 aliphatic heterocycles. The highest BCUT2D eigenvalue weighted by Crippen LogP contribution is 2.40. The molecule has 0 spiro atoms. The van der Waals surface area contributed by atoms with Crippen molar-refractivity contribution in [1.82, 2.24) is 19.5 Å². The van der Waals surface area contributed by atoms with E-state index in [9.17, 15) is 5.26 Å². The van der Waals surface area contributed by atoms with Crippen LogP contribution in [0.2, 0.25) is 0 Å². The second-order valence-electron chi connectivity index (χ2n) is 12.5. The number of halogens is 1. The molecule has 0 atom stereocenters. The third kappa shape index (κ3) is 5.47. The number of fused-ring (bicyclic) bond motifs is 3. The Morgan fingerprint density at radius 3 is 1.77 bits per heavy atom. The van der Waals surface area contributed by atoms with E-state index in [1.807, 2.05) is 121 Å². The van der Waals surface area contributed by atoms with Gasteiger partial charge in [-0.25, -0.2) is 19.3 Å². The second-order valence-corrected chi connectivity index (χ2v) is 12.5. The number of hydrogen-bond acceptors (Lipinski definition) is 4. The van der Waals surface area contributed by atoms with Crippen molar-refractivity contribution in [2.24, 2.45) is 0 Å². The van der Waals surface area contributed by atoms with E-state index in [4.69, 9.17) is 15.0 Å². The molecule has 52 heavy (non-hydrogen) atoms. The van der Waals surface area contributed by atoms with Crippen molar-refractivity contribution >= 4 is 21.8 Å². The normalized spacial score (nSPS) is 11.2. The van der Waals surface area contributed by atoms with Crippen LogP contribution in [0.3, 0.4) is 0 Å². The van der Waals surface area contributed by atoms with Crippen LogP contribution in [0.5, 0.6) is 0 Å². The lowest BCUT2D eigenvalue weighted by molar-refractivity contribution is 0.631. The van der Waals surface area contributed by atoms with E-state index in [0.29, 0.717) is 28.6 Å². The first-order valence-electron chi connectivity index (χ1n) is 16.9. The standard InChI is InChI=1S/C46H28FN5/c47-40-20-9-7-18-36(40)35-23-25-39(46-50-44(31-13-3-1-4-14-31)49-45(51-46)32-15-5-2-6-16-32)43(28-35)52-41-21-10-8-19-37(41)38-24-22-34(27-42(38)52)33-17-11-12-30(26-33)29-48/h1-28H. The third-order valence-electron chi connectivity index (χ3n) is 9.36. The predicted octanol–water partition coefficient (Wildman–Crippen LogP) is 11.3. The molecule has 0 bridgehead atoms. The van der Waals surface area contributed by atoms with Gasteiger partial charge in [0.1, 0.15) is 5.82 Å². The monoisotopic (exact) mass is 669 g/mol. The molecule has 0 radical (unpaired) electrons. The first-order valence-corrected chi connectivity index (χ1v) is 16.9. The van der Waals surface area contributed by atoms with Gasteiger partial charge in [-0.2, -0.15) is 5.26 Å². The Labute approximate surface area is 299 Å². The fourth-order valence-corrected chi connectivity index (χ4v) is 6.88. The van der Waals surface area contributed by atoms with Crippen LogP contribution in [-0.4, -0.2) is 19.5 Å². The number of para-hydroxylation sites is 1. The van der Waals surface area contributed by atoms with Gasteiger partial charge in [0, 0.05) is 33.0 Å². The summed E-state index contributed by atoms with van der Waals surface area (Å²) in [5, 5.41) is 11.8. The van der Waals surface area contributed by atoms with Crippen molar-refractivity contribution < 1.29 is 4.39 Å². The van der Waals surface area contributed by atoms with Crippen LogP contribution in [-0.2, 0) is 0 Å². The van der Waals surface area contributed by atoms with Crippen LogP contribution < -0.4 is 0 Å². The Balaban J connectivity index is 1.37. The minimum absolute atomic E-state index is 0.305. The summed E-state index contributed by atoms with van der Waals surface area (Å²) in [6.07, 6.45) is 0. The van der Waals surface area contributed by atoms with Gasteiger partial charge in [0.05, 0.1) is 28.4 Å². The molecular weight excluding hydrogens is 642 g/mol. The van der Waals surface area contributed by atoms with Crippen LogP contribution in [0.15, 0.2) is 170 Å². The Morgan fingerprint density at radius 1 is 0.442 bits per heavy atom. The first-order chi connectivity index (χ1) is 25.6. The highest BCUT2D eigenvalue weighted by molar-refractivity contribution is 6.10. The summed E-state index contributed by atoms with van der Waals surface area (Å²) in [4.78, 5) is 15.1. The lowest BCUT2D eigenvalue weighted by Gasteiger charge is -2.17. The van der Waals surface area contributed by atoms with E-state index < -0.39 is 0 Å². The third-order valence-corrected chi connectivity index (χ3v) is 9.36. The maximum Gasteiger partial charge on any atom is 0.166 e. The van der Waals surface area contributed by atoms with Crippen LogP contribution in [0, 0.1) is 17.1 Å². The van der Waals surface area contributed by atoms with Gasteiger partial charge in [-0.05, 0) is 59.2 Å². The van der Waals surface area contributed by atoms with Crippen LogP contribution >= 0.6 is 0 Å². The Bertz CT molecular complexity index is 2760. The SMILES string of the molecule is N#Cc1cccc(-c2ccc3c4ccccc4n(-c4cc(-c5ccccc5F)ccc4-c4nc(-c5ccccc5)nc(-c5ccccc5)n4)c3c2)c1. The summed E-state index contributed by atoms with van der Waals surface area (Å²) in [6.45, 7) is 0. The molecule has 0 saturated heterocycles. The number of nitrogens with zero attached hydrogens (tertiary/aromatic N) is 5. The molecule has 9 rings (SSSR count). The molecule has 0 aliphatic rings. The fourth-order valence-electron chi connectivity index (χ4n) is 6.88. The van der Waals surface area contributed by atoms with Crippen LogP contribution in [0.1, 0.15) is 5.56 Å². The Hall–Kier alpha value is -7.23. The van der Waals surface area contributed by atoms with Crippen LogP contribution in [0.4, 0.5) is 4.39 Å². The minimum atomic E-state index is -0.305. The van der Waals surface area contributed by atoms with E-state index in [0.717, 1.165) is 60.9 Å². The predicted molar refractivity (Wildman–Crippen MR) is 206 cm³/mol. The second kappa shape index (κ2) is 12.9. The van der Waals surface area contributed by atoms with Gasteiger partial charge in [0.25, 0.3) is 0 Å². The zero-order valence-electron chi connectivity index (χ0n) is 27.8.